The highest BCUT2D eigenvalue weighted by Crippen LogP contribution is 2.33. The number of rotatable bonds is 12. The van der Waals surface area contributed by atoms with Gasteiger partial charge in [-0.1, -0.05) is 30.3 Å². The van der Waals surface area contributed by atoms with Gasteiger partial charge in [-0.05, 0) is 78.8 Å². The molecule has 0 saturated heterocycles. The van der Waals surface area contributed by atoms with E-state index < -0.39 is 17.7 Å². The summed E-state index contributed by atoms with van der Waals surface area (Å²) in [5.41, 5.74) is 7.77. The number of imidazole rings is 1. The van der Waals surface area contributed by atoms with Crippen molar-refractivity contribution < 1.29 is 23.1 Å². The number of aromatic hydroxyl groups is 1. The SMILES string of the molecule is N#Cc1ccc(Cn2cncc2CC(=O)[C@@H](CCN)CN(Cc2ccccc2C(F)(F)F)C(=S)Nc2ccc(O)cc2)cc1. The zero-order valence-electron chi connectivity index (χ0n) is 23.7. The Morgan fingerprint density at radius 3 is 2.48 bits per heavy atom. The number of aromatic nitrogens is 2. The fourth-order valence-corrected chi connectivity index (χ4v) is 5.03. The second-order valence-corrected chi connectivity index (χ2v) is 10.6. The lowest BCUT2D eigenvalue weighted by Gasteiger charge is -2.30. The van der Waals surface area contributed by atoms with Crippen LogP contribution in [0.1, 0.15) is 34.4 Å². The van der Waals surface area contributed by atoms with Crippen LogP contribution in [0.25, 0.3) is 0 Å². The number of halogens is 3. The zero-order valence-corrected chi connectivity index (χ0v) is 24.5. The maximum Gasteiger partial charge on any atom is 0.416 e. The molecule has 4 aromatic rings. The lowest BCUT2D eigenvalue weighted by Crippen LogP contribution is -2.41. The lowest BCUT2D eigenvalue weighted by atomic mass is 9.95. The first-order valence-electron chi connectivity index (χ1n) is 13.8. The van der Waals surface area contributed by atoms with E-state index in [1.807, 2.05) is 16.7 Å². The van der Waals surface area contributed by atoms with Gasteiger partial charge in [0.05, 0.1) is 23.5 Å². The van der Waals surface area contributed by atoms with Crippen LogP contribution in [0.4, 0.5) is 18.9 Å². The molecule has 0 aliphatic carbocycles. The fraction of sp³-hybridized carbons (Fsp3) is 0.250. The van der Waals surface area contributed by atoms with Crippen LogP contribution in [0.3, 0.4) is 0 Å². The Balaban J connectivity index is 1.56. The summed E-state index contributed by atoms with van der Waals surface area (Å²) in [5.74, 6) is -0.751. The van der Waals surface area contributed by atoms with Crippen molar-refractivity contribution in [1.82, 2.24) is 14.5 Å². The molecular formula is C32H31F3N6O2S. The number of hydrogen-bond acceptors (Lipinski definition) is 6. The Hall–Kier alpha value is -4.73. The van der Waals surface area contributed by atoms with Crippen LogP contribution < -0.4 is 11.1 Å². The summed E-state index contributed by atoms with van der Waals surface area (Å²) in [7, 11) is 0. The minimum Gasteiger partial charge on any atom is -0.508 e. The standard InChI is InChI=1S/C32H31F3N6O2S/c33-32(34,35)29-4-2-1-3-24(29)19-40(31(44)39-26-9-11-28(42)12-10-26)20-25(13-14-36)30(43)15-27-17-38-21-41(27)18-23-7-5-22(16-37)6-8-23/h1-12,17,21,25,42H,13-15,18-20,36H2,(H,39,44)/t25-/m0/s1. The number of hydrogen-bond donors (Lipinski definition) is 3. The molecule has 8 nitrogen and oxygen atoms in total. The summed E-state index contributed by atoms with van der Waals surface area (Å²) >= 11 is 5.64. The minimum absolute atomic E-state index is 0.00861. The number of nitriles is 1. The number of carbonyl (C=O) groups excluding carboxylic acids is 1. The van der Waals surface area contributed by atoms with Crippen molar-refractivity contribution in [2.75, 3.05) is 18.4 Å². The van der Waals surface area contributed by atoms with Crippen molar-refractivity contribution in [2.45, 2.75) is 32.1 Å². The Bertz CT molecular complexity index is 1610. The first-order chi connectivity index (χ1) is 21.1. The number of ketones is 1. The van der Waals surface area contributed by atoms with Crippen LogP contribution in [0, 0.1) is 17.2 Å². The van der Waals surface area contributed by atoms with Crippen molar-refractivity contribution in [3.05, 3.63) is 113 Å². The van der Waals surface area contributed by atoms with Gasteiger partial charge in [0.1, 0.15) is 11.5 Å². The third kappa shape index (κ3) is 8.65. The number of nitrogens with zero attached hydrogens (tertiary/aromatic N) is 4. The van der Waals surface area contributed by atoms with Crippen LogP contribution >= 0.6 is 12.2 Å². The molecule has 0 saturated carbocycles. The smallest absolute Gasteiger partial charge is 0.416 e. The van der Waals surface area contributed by atoms with Gasteiger partial charge < -0.3 is 25.6 Å². The number of benzene rings is 3. The summed E-state index contributed by atoms with van der Waals surface area (Å²) in [4.78, 5) is 19.4. The third-order valence-electron chi connectivity index (χ3n) is 7.09. The van der Waals surface area contributed by atoms with Gasteiger partial charge in [0.15, 0.2) is 5.11 Å². The van der Waals surface area contributed by atoms with Gasteiger partial charge in [-0.25, -0.2) is 4.98 Å². The van der Waals surface area contributed by atoms with Crippen LogP contribution in [0.15, 0.2) is 85.3 Å². The highest BCUT2D eigenvalue weighted by Gasteiger charge is 2.34. The maximum absolute atomic E-state index is 13.9. The summed E-state index contributed by atoms with van der Waals surface area (Å²) in [5, 5.41) is 21.8. The Labute approximate surface area is 258 Å². The molecule has 4 N–H and O–H groups in total. The first kappa shape index (κ1) is 32.2. The molecule has 44 heavy (non-hydrogen) atoms. The number of Topliss-reactive ketones (excluding diaryl/α,β-unsaturated/α-hetero) is 1. The molecule has 4 rings (SSSR count). The second-order valence-electron chi connectivity index (χ2n) is 10.3. The van der Waals surface area contributed by atoms with Gasteiger partial charge in [-0.15, -0.1) is 0 Å². The monoisotopic (exact) mass is 620 g/mol. The van der Waals surface area contributed by atoms with Crippen molar-refractivity contribution in [1.29, 1.82) is 5.26 Å². The van der Waals surface area contributed by atoms with Crippen LogP contribution in [0.2, 0.25) is 0 Å². The minimum atomic E-state index is -4.58. The van der Waals surface area contributed by atoms with E-state index in [4.69, 9.17) is 23.2 Å². The number of nitrogens with one attached hydrogen (secondary N) is 1. The van der Waals surface area contributed by atoms with Gasteiger partial charge in [0.25, 0.3) is 0 Å². The molecule has 0 aliphatic heterocycles. The van der Waals surface area contributed by atoms with E-state index in [1.165, 1.54) is 30.3 Å². The molecule has 1 heterocycles. The van der Waals surface area contributed by atoms with Gasteiger partial charge in [0.2, 0.25) is 0 Å². The summed E-state index contributed by atoms with van der Waals surface area (Å²) < 4.78 is 43.4. The number of alkyl halides is 3. The quantitative estimate of drug-likeness (QED) is 0.140. The van der Waals surface area contributed by atoms with E-state index in [-0.39, 0.29) is 48.3 Å². The Kier molecular flexibility index (Phi) is 10.7. The highest BCUT2D eigenvalue weighted by atomic mass is 32.1. The predicted molar refractivity (Wildman–Crippen MR) is 165 cm³/mol. The second kappa shape index (κ2) is 14.6. The largest absolute Gasteiger partial charge is 0.508 e. The summed E-state index contributed by atoms with van der Waals surface area (Å²) in [6.07, 6.45) is -1.02. The fourth-order valence-electron chi connectivity index (χ4n) is 4.77. The Morgan fingerprint density at radius 2 is 1.82 bits per heavy atom. The van der Waals surface area contributed by atoms with E-state index in [9.17, 15) is 23.1 Å². The summed E-state index contributed by atoms with van der Waals surface area (Å²) in [6.45, 7) is 0.448. The molecule has 1 aromatic heterocycles. The average Bonchev–Trinajstić information content (AvgIpc) is 3.43. The molecule has 12 heteroatoms. The molecule has 0 aliphatic rings. The third-order valence-corrected chi connectivity index (χ3v) is 7.45. The number of anilines is 1. The highest BCUT2D eigenvalue weighted by molar-refractivity contribution is 7.80. The van der Waals surface area contributed by atoms with Crippen molar-refractivity contribution in [3.63, 3.8) is 0 Å². The van der Waals surface area contributed by atoms with Gasteiger partial charge in [0, 0.05) is 49.6 Å². The van der Waals surface area contributed by atoms with E-state index in [1.54, 1.807) is 41.7 Å². The molecule has 0 radical (unpaired) electrons. The van der Waals surface area contributed by atoms with Crippen LogP contribution in [-0.2, 0) is 30.5 Å². The maximum atomic E-state index is 13.9. The number of nitrogens with two attached hydrogens (primary N) is 1. The van der Waals surface area contributed by atoms with Gasteiger partial charge in [-0.2, -0.15) is 18.4 Å². The molecule has 1 atom stereocenters. The molecule has 0 amide bonds. The van der Waals surface area contributed by atoms with E-state index in [0.29, 0.717) is 29.9 Å². The van der Waals surface area contributed by atoms with Gasteiger partial charge in [-0.3, -0.25) is 4.79 Å². The predicted octanol–water partition coefficient (Wildman–Crippen LogP) is 5.50. The van der Waals surface area contributed by atoms with Crippen LogP contribution in [-0.4, -0.2) is 43.5 Å². The normalized spacial score (nSPS) is 11.9. The van der Waals surface area contributed by atoms with Crippen molar-refractivity contribution in [2.24, 2.45) is 11.7 Å². The number of thiocarbonyl (C=S) groups is 1. The number of phenols is 1. The number of phenolic OH excluding ortho intramolecular Hbond substituents is 1. The Morgan fingerprint density at radius 1 is 1.11 bits per heavy atom. The molecule has 228 valence electrons. The van der Waals surface area contributed by atoms with E-state index in [0.717, 1.165) is 11.6 Å². The van der Waals surface area contributed by atoms with E-state index in [2.05, 4.69) is 16.4 Å². The number of carbonyl (C=O) groups is 1. The van der Waals surface area contributed by atoms with Crippen molar-refractivity contribution in [3.8, 4) is 11.8 Å². The molecular weight excluding hydrogens is 589 g/mol. The summed E-state index contributed by atoms with van der Waals surface area (Å²) in [6, 6.07) is 20.5. The first-order valence-corrected chi connectivity index (χ1v) is 14.2. The lowest BCUT2D eigenvalue weighted by molar-refractivity contribution is -0.138. The molecule has 0 bridgehead atoms. The molecule has 0 fully saturated rings. The van der Waals surface area contributed by atoms with Crippen molar-refractivity contribution >= 4 is 28.8 Å². The van der Waals surface area contributed by atoms with E-state index >= 15 is 0 Å². The van der Waals surface area contributed by atoms with Crippen LogP contribution in [0.5, 0.6) is 5.75 Å². The average molecular weight is 621 g/mol. The molecule has 0 spiro atoms. The molecule has 3 aromatic carbocycles. The van der Waals surface area contributed by atoms with Gasteiger partial charge >= 0.3 is 6.18 Å². The molecule has 0 unspecified atom stereocenters. The topological polar surface area (TPSA) is 120 Å². The zero-order chi connectivity index (χ0) is 31.7.